The Hall–Kier alpha value is -0.300. The number of aliphatic hydroxyl groups excluding tert-OH is 1. The number of rotatable bonds is 3. The van der Waals surface area contributed by atoms with E-state index in [1.165, 1.54) is 12.8 Å². The smallest absolute Gasteiger partial charge is 0.0431 e. The van der Waals surface area contributed by atoms with Crippen LogP contribution in [0, 0.1) is 5.41 Å². The molecule has 0 amide bonds. The third-order valence-corrected chi connectivity index (χ3v) is 2.31. The van der Waals surface area contributed by atoms with E-state index < -0.39 is 0 Å². The molecule has 1 aliphatic carbocycles. The molecule has 0 spiro atoms. The maximum atomic E-state index is 8.62. The Balaban J connectivity index is 2.30. The molecule has 0 radical (unpaired) electrons. The third kappa shape index (κ3) is 1.84. The Kier molecular flexibility index (Phi) is 2.50. The summed E-state index contributed by atoms with van der Waals surface area (Å²) in [5.41, 5.74) is 0.405. The lowest BCUT2D eigenvalue weighted by Crippen LogP contribution is -2.09. The van der Waals surface area contributed by atoms with E-state index in [0.29, 0.717) is 12.0 Å². The largest absolute Gasteiger partial charge is 0.396 e. The second-order valence-corrected chi connectivity index (χ2v) is 3.42. The second kappa shape index (κ2) is 3.20. The van der Waals surface area contributed by atoms with Gasteiger partial charge in [-0.05, 0) is 31.1 Å². The van der Waals surface area contributed by atoms with Crippen LogP contribution in [0.2, 0.25) is 0 Å². The van der Waals surface area contributed by atoms with Gasteiger partial charge in [0.15, 0.2) is 0 Å². The summed E-state index contributed by atoms with van der Waals surface area (Å²) in [6.45, 7) is 2.61. The Bertz CT molecular complexity index is 129. The molecular weight excluding hydrogens is 124 g/mol. The van der Waals surface area contributed by atoms with Crippen LogP contribution in [0.15, 0.2) is 12.2 Å². The van der Waals surface area contributed by atoms with Gasteiger partial charge < -0.3 is 5.11 Å². The Morgan fingerprint density at radius 1 is 1.60 bits per heavy atom. The lowest BCUT2D eigenvalue weighted by molar-refractivity contribution is 0.254. The van der Waals surface area contributed by atoms with Gasteiger partial charge in [-0.3, -0.25) is 0 Å². The van der Waals surface area contributed by atoms with Crippen molar-refractivity contribution in [1.29, 1.82) is 0 Å². The Labute approximate surface area is 62.8 Å². The molecule has 0 saturated carbocycles. The zero-order valence-corrected chi connectivity index (χ0v) is 6.64. The van der Waals surface area contributed by atoms with Gasteiger partial charge in [0.1, 0.15) is 0 Å². The first-order valence-electron chi connectivity index (χ1n) is 4.05. The van der Waals surface area contributed by atoms with Crippen LogP contribution in [0.4, 0.5) is 0 Å². The highest BCUT2D eigenvalue weighted by atomic mass is 16.2. The molecule has 58 valence electrons. The minimum absolute atomic E-state index is 0.337. The first-order valence-corrected chi connectivity index (χ1v) is 4.05. The minimum Gasteiger partial charge on any atom is -0.396 e. The zero-order valence-electron chi connectivity index (χ0n) is 6.64. The average molecular weight is 140 g/mol. The van der Waals surface area contributed by atoms with Crippen molar-refractivity contribution in [2.45, 2.75) is 32.6 Å². The molecule has 1 N–H and O–H groups in total. The van der Waals surface area contributed by atoms with Gasteiger partial charge >= 0.3 is 0 Å². The molecule has 1 nitrogen and oxygen atoms in total. The van der Waals surface area contributed by atoms with Gasteiger partial charge in [-0.2, -0.15) is 0 Å². The number of hydrogen-bond acceptors (Lipinski definition) is 1. The molecule has 1 rings (SSSR count). The summed E-state index contributed by atoms with van der Waals surface area (Å²) in [5.74, 6) is 0. The van der Waals surface area contributed by atoms with Crippen LogP contribution in [-0.4, -0.2) is 11.7 Å². The number of hydrogen-bond donors (Lipinski definition) is 1. The molecular formula is C9H16O. The zero-order chi connectivity index (χ0) is 7.45. The molecule has 0 aromatic carbocycles. The van der Waals surface area contributed by atoms with Gasteiger partial charge in [0, 0.05) is 6.61 Å². The molecule has 0 aliphatic heterocycles. The van der Waals surface area contributed by atoms with Crippen molar-refractivity contribution in [1.82, 2.24) is 0 Å². The average Bonchev–Trinajstić information content (AvgIpc) is 2.33. The Morgan fingerprint density at radius 3 is 2.90 bits per heavy atom. The van der Waals surface area contributed by atoms with Crippen molar-refractivity contribution >= 4 is 0 Å². The topological polar surface area (TPSA) is 20.2 Å². The first-order chi connectivity index (χ1) is 4.77. The van der Waals surface area contributed by atoms with Gasteiger partial charge in [-0.1, -0.05) is 19.1 Å². The molecule has 0 aromatic heterocycles. The maximum Gasteiger partial charge on any atom is 0.0431 e. The van der Waals surface area contributed by atoms with Crippen LogP contribution in [0.1, 0.15) is 32.6 Å². The van der Waals surface area contributed by atoms with Crippen LogP contribution in [0.3, 0.4) is 0 Å². The second-order valence-electron chi connectivity index (χ2n) is 3.42. The summed E-state index contributed by atoms with van der Waals surface area (Å²) in [6.07, 6.45) is 9.12. The summed E-state index contributed by atoms with van der Waals surface area (Å²) < 4.78 is 0. The van der Waals surface area contributed by atoms with Gasteiger partial charge in [-0.15, -0.1) is 0 Å². The highest BCUT2D eigenvalue weighted by Crippen LogP contribution is 2.35. The van der Waals surface area contributed by atoms with Gasteiger partial charge in [-0.25, -0.2) is 0 Å². The minimum atomic E-state index is 0.337. The summed E-state index contributed by atoms with van der Waals surface area (Å²) in [7, 11) is 0. The lowest BCUT2D eigenvalue weighted by atomic mass is 9.85. The van der Waals surface area contributed by atoms with Gasteiger partial charge in [0.05, 0.1) is 0 Å². The van der Waals surface area contributed by atoms with Gasteiger partial charge in [0.25, 0.3) is 0 Å². The third-order valence-electron chi connectivity index (χ3n) is 2.31. The summed E-state index contributed by atoms with van der Waals surface area (Å²) in [6, 6.07) is 0. The fourth-order valence-electron chi connectivity index (χ4n) is 1.56. The quantitative estimate of drug-likeness (QED) is 0.595. The SMILES string of the molecule is CC1(CCCO)C=CCC1. The molecule has 1 aliphatic rings. The number of aliphatic hydroxyl groups is 1. The predicted octanol–water partition coefficient (Wildman–Crippen LogP) is 2.12. The fraction of sp³-hybridized carbons (Fsp3) is 0.778. The molecule has 0 fully saturated rings. The lowest BCUT2D eigenvalue weighted by Gasteiger charge is -2.20. The maximum absolute atomic E-state index is 8.62. The molecule has 0 aromatic rings. The first kappa shape index (κ1) is 7.80. The van der Waals surface area contributed by atoms with E-state index in [1.54, 1.807) is 0 Å². The van der Waals surface area contributed by atoms with E-state index in [1.807, 2.05) is 0 Å². The van der Waals surface area contributed by atoms with Crippen LogP contribution in [0.25, 0.3) is 0 Å². The molecule has 0 saturated heterocycles. The van der Waals surface area contributed by atoms with E-state index >= 15 is 0 Å². The highest BCUT2D eigenvalue weighted by Gasteiger charge is 2.22. The normalized spacial score (nSPS) is 31.4. The molecule has 1 unspecified atom stereocenters. The van der Waals surface area contributed by atoms with Crippen molar-refractivity contribution in [3.8, 4) is 0 Å². The molecule has 0 bridgehead atoms. The number of allylic oxidation sites excluding steroid dienone is 2. The van der Waals surface area contributed by atoms with Crippen LogP contribution >= 0.6 is 0 Å². The van der Waals surface area contributed by atoms with Crippen molar-refractivity contribution in [3.63, 3.8) is 0 Å². The van der Waals surface area contributed by atoms with E-state index in [9.17, 15) is 0 Å². The van der Waals surface area contributed by atoms with Crippen LogP contribution in [-0.2, 0) is 0 Å². The monoisotopic (exact) mass is 140 g/mol. The van der Waals surface area contributed by atoms with Crippen molar-refractivity contribution in [2.75, 3.05) is 6.61 Å². The Morgan fingerprint density at radius 2 is 2.40 bits per heavy atom. The van der Waals surface area contributed by atoms with E-state index in [-0.39, 0.29) is 0 Å². The van der Waals surface area contributed by atoms with E-state index in [2.05, 4.69) is 19.1 Å². The highest BCUT2D eigenvalue weighted by molar-refractivity contribution is 5.04. The van der Waals surface area contributed by atoms with E-state index in [4.69, 9.17) is 5.11 Å². The van der Waals surface area contributed by atoms with Crippen LogP contribution in [0.5, 0.6) is 0 Å². The van der Waals surface area contributed by atoms with E-state index in [0.717, 1.165) is 12.8 Å². The molecule has 1 atom stereocenters. The fourth-order valence-corrected chi connectivity index (χ4v) is 1.56. The summed E-state index contributed by atoms with van der Waals surface area (Å²) >= 11 is 0. The molecule has 0 heterocycles. The molecule has 10 heavy (non-hydrogen) atoms. The predicted molar refractivity (Wildman–Crippen MR) is 42.8 cm³/mol. The van der Waals surface area contributed by atoms with Crippen molar-refractivity contribution < 1.29 is 5.11 Å². The summed E-state index contributed by atoms with van der Waals surface area (Å²) in [5, 5.41) is 8.62. The van der Waals surface area contributed by atoms with Crippen molar-refractivity contribution in [3.05, 3.63) is 12.2 Å². The van der Waals surface area contributed by atoms with Crippen LogP contribution < -0.4 is 0 Å². The van der Waals surface area contributed by atoms with Crippen molar-refractivity contribution in [2.24, 2.45) is 5.41 Å². The molecule has 1 heteroatoms. The van der Waals surface area contributed by atoms with Gasteiger partial charge in [0.2, 0.25) is 0 Å². The summed E-state index contributed by atoms with van der Waals surface area (Å²) in [4.78, 5) is 0. The standard InChI is InChI=1S/C9H16O/c1-9(7-4-8-10)5-2-3-6-9/h2,5,10H,3-4,6-8H2,1H3.